The number of ether oxygens (including phenoxy) is 1. The summed E-state index contributed by atoms with van der Waals surface area (Å²) in [5.41, 5.74) is 0. The zero-order valence-corrected chi connectivity index (χ0v) is 13.6. The fraction of sp³-hybridized carbons (Fsp3) is 0.562. The van der Waals surface area contributed by atoms with Gasteiger partial charge < -0.3 is 20.1 Å². The molecule has 0 radical (unpaired) electrons. The number of benzene rings is 1. The summed E-state index contributed by atoms with van der Waals surface area (Å²) >= 11 is 5.82. The predicted octanol–water partition coefficient (Wildman–Crippen LogP) is 2.52. The van der Waals surface area contributed by atoms with Crippen LogP contribution < -0.4 is 10.1 Å². The van der Waals surface area contributed by atoms with Gasteiger partial charge in [-0.05, 0) is 49.9 Å². The maximum Gasteiger partial charge on any atom is 0.317 e. The number of hydrogen-bond acceptors (Lipinski definition) is 3. The van der Waals surface area contributed by atoms with E-state index >= 15 is 0 Å². The van der Waals surface area contributed by atoms with Crippen molar-refractivity contribution in [1.29, 1.82) is 0 Å². The number of aliphatic hydroxyl groups is 1. The number of hydrogen-bond donors (Lipinski definition) is 2. The molecule has 5 nitrogen and oxygen atoms in total. The zero-order chi connectivity index (χ0) is 15.9. The molecule has 0 unspecified atom stereocenters. The van der Waals surface area contributed by atoms with Crippen LogP contribution in [0.4, 0.5) is 4.79 Å². The van der Waals surface area contributed by atoms with Crippen LogP contribution in [0.25, 0.3) is 0 Å². The molecule has 2 rings (SSSR count). The van der Waals surface area contributed by atoms with Crippen LogP contribution in [0, 0.1) is 5.92 Å². The van der Waals surface area contributed by atoms with E-state index in [1.807, 2.05) is 6.92 Å². The van der Waals surface area contributed by atoms with Crippen LogP contribution in [0.5, 0.6) is 5.75 Å². The van der Waals surface area contributed by atoms with Gasteiger partial charge in [0.1, 0.15) is 11.9 Å². The average molecular weight is 327 g/mol. The van der Waals surface area contributed by atoms with Crippen LogP contribution in [-0.2, 0) is 0 Å². The molecule has 22 heavy (non-hydrogen) atoms. The summed E-state index contributed by atoms with van der Waals surface area (Å²) in [5.74, 6) is 0.923. The Hall–Kier alpha value is -1.46. The molecule has 0 spiro atoms. The highest BCUT2D eigenvalue weighted by molar-refractivity contribution is 6.30. The van der Waals surface area contributed by atoms with Crippen molar-refractivity contribution in [2.24, 2.45) is 5.92 Å². The van der Waals surface area contributed by atoms with Gasteiger partial charge in [0.15, 0.2) is 0 Å². The zero-order valence-electron chi connectivity index (χ0n) is 12.8. The van der Waals surface area contributed by atoms with E-state index in [1.165, 1.54) is 0 Å². The normalized spacial score (nSPS) is 19.6. The highest BCUT2D eigenvalue weighted by Gasteiger charge is 2.23. The number of carbonyl (C=O) groups is 1. The maximum atomic E-state index is 12.1. The van der Waals surface area contributed by atoms with Crippen LogP contribution in [0.3, 0.4) is 0 Å². The molecule has 1 aromatic carbocycles. The number of piperidine rings is 1. The lowest BCUT2D eigenvalue weighted by Crippen LogP contribution is -2.48. The number of likely N-dealkylation sites (tertiary alicyclic amines) is 1. The summed E-state index contributed by atoms with van der Waals surface area (Å²) in [5, 5.41) is 12.8. The molecule has 2 amide bonds. The smallest absolute Gasteiger partial charge is 0.317 e. The standard InChI is InChI=1S/C16H23ClN2O3/c1-12(22-15-6-4-14(17)5-7-15)9-18-16(21)19-8-2-3-13(10-19)11-20/h4-7,12-13,20H,2-3,8-11H2,1H3,(H,18,21)/t12-,13-/m0/s1. The Morgan fingerprint density at radius 1 is 1.50 bits per heavy atom. The molecule has 122 valence electrons. The minimum Gasteiger partial charge on any atom is -0.489 e. The third kappa shape index (κ3) is 5.07. The Morgan fingerprint density at radius 2 is 2.23 bits per heavy atom. The van der Waals surface area contributed by atoms with Crippen molar-refractivity contribution in [3.8, 4) is 5.75 Å². The Kier molecular flexibility index (Phi) is 6.34. The topological polar surface area (TPSA) is 61.8 Å². The van der Waals surface area contributed by atoms with Crippen molar-refractivity contribution in [2.45, 2.75) is 25.9 Å². The number of nitrogens with one attached hydrogen (secondary N) is 1. The van der Waals surface area contributed by atoms with Gasteiger partial charge in [-0.15, -0.1) is 0 Å². The second-order valence-corrected chi connectivity index (χ2v) is 6.14. The van der Waals surface area contributed by atoms with Gasteiger partial charge in [-0.3, -0.25) is 0 Å². The highest BCUT2D eigenvalue weighted by atomic mass is 35.5. The van der Waals surface area contributed by atoms with E-state index in [9.17, 15) is 9.90 Å². The Bertz CT molecular complexity index is 481. The molecule has 0 bridgehead atoms. The minimum atomic E-state index is -0.136. The summed E-state index contributed by atoms with van der Waals surface area (Å²) in [6.07, 6.45) is 1.79. The second kappa shape index (κ2) is 8.25. The van der Waals surface area contributed by atoms with Crippen molar-refractivity contribution >= 4 is 17.6 Å². The third-order valence-electron chi connectivity index (χ3n) is 3.76. The van der Waals surface area contributed by atoms with Gasteiger partial charge in [-0.25, -0.2) is 4.79 Å². The molecule has 1 fully saturated rings. The fourth-order valence-electron chi connectivity index (χ4n) is 2.53. The molecular weight excluding hydrogens is 304 g/mol. The van der Waals surface area contributed by atoms with Crippen molar-refractivity contribution in [1.82, 2.24) is 10.2 Å². The molecule has 0 aliphatic carbocycles. The monoisotopic (exact) mass is 326 g/mol. The lowest BCUT2D eigenvalue weighted by Gasteiger charge is -2.32. The van der Waals surface area contributed by atoms with E-state index < -0.39 is 0 Å². The van der Waals surface area contributed by atoms with Gasteiger partial charge >= 0.3 is 6.03 Å². The first kappa shape index (κ1) is 16.9. The lowest BCUT2D eigenvalue weighted by atomic mass is 9.99. The second-order valence-electron chi connectivity index (χ2n) is 5.71. The van der Waals surface area contributed by atoms with Crippen molar-refractivity contribution in [3.63, 3.8) is 0 Å². The molecule has 1 aliphatic rings. The molecule has 2 atom stereocenters. The highest BCUT2D eigenvalue weighted by Crippen LogP contribution is 2.17. The first-order valence-electron chi connectivity index (χ1n) is 7.64. The Balaban J connectivity index is 1.74. The SMILES string of the molecule is C[C@@H](CNC(=O)N1CCC[C@H](CO)C1)Oc1ccc(Cl)cc1. The maximum absolute atomic E-state index is 12.1. The number of urea groups is 1. The molecule has 1 heterocycles. The molecular formula is C16H23ClN2O3. The van der Waals surface area contributed by atoms with Gasteiger partial charge in [-0.1, -0.05) is 11.6 Å². The van der Waals surface area contributed by atoms with Gasteiger partial charge in [0.25, 0.3) is 0 Å². The number of carbonyl (C=O) groups excluding carboxylic acids is 1. The molecule has 0 aromatic heterocycles. The summed E-state index contributed by atoms with van der Waals surface area (Å²) in [4.78, 5) is 13.9. The molecule has 1 aromatic rings. The van der Waals surface area contributed by atoms with Crippen LogP contribution in [0.1, 0.15) is 19.8 Å². The molecule has 1 aliphatic heterocycles. The van der Waals surface area contributed by atoms with Gasteiger partial charge in [0.2, 0.25) is 0 Å². The number of nitrogens with zero attached hydrogens (tertiary/aromatic N) is 1. The van der Waals surface area contributed by atoms with E-state index in [4.69, 9.17) is 16.3 Å². The average Bonchev–Trinajstić information content (AvgIpc) is 2.55. The van der Waals surface area contributed by atoms with E-state index in [1.54, 1.807) is 29.2 Å². The number of rotatable bonds is 5. The quantitative estimate of drug-likeness (QED) is 0.874. The molecule has 1 saturated heterocycles. The summed E-state index contributed by atoms with van der Waals surface area (Å²) in [6.45, 7) is 3.84. The summed E-state index contributed by atoms with van der Waals surface area (Å²) in [7, 11) is 0. The van der Waals surface area contributed by atoms with Gasteiger partial charge in [0.05, 0.1) is 6.54 Å². The number of aliphatic hydroxyl groups excluding tert-OH is 1. The van der Waals surface area contributed by atoms with E-state index in [0.717, 1.165) is 25.1 Å². The van der Waals surface area contributed by atoms with Crippen LogP contribution in [0.15, 0.2) is 24.3 Å². The molecule has 2 N–H and O–H groups in total. The largest absolute Gasteiger partial charge is 0.489 e. The van der Waals surface area contributed by atoms with E-state index in [2.05, 4.69) is 5.32 Å². The lowest BCUT2D eigenvalue weighted by molar-refractivity contribution is 0.126. The summed E-state index contributed by atoms with van der Waals surface area (Å²) < 4.78 is 5.72. The van der Waals surface area contributed by atoms with Gasteiger partial charge in [0, 0.05) is 24.7 Å². The molecule has 6 heteroatoms. The Morgan fingerprint density at radius 3 is 2.91 bits per heavy atom. The third-order valence-corrected chi connectivity index (χ3v) is 4.01. The first-order chi connectivity index (χ1) is 10.6. The first-order valence-corrected chi connectivity index (χ1v) is 8.02. The van der Waals surface area contributed by atoms with E-state index in [0.29, 0.717) is 18.1 Å². The number of amides is 2. The van der Waals surface area contributed by atoms with Crippen LogP contribution in [-0.4, -0.2) is 48.4 Å². The van der Waals surface area contributed by atoms with Crippen molar-refractivity contribution in [2.75, 3.05) is 26.2 Å². The minimum absolute atomic E-state index is 0.0929. The number of halogens is 1. The van der Waals surface area contributed by atoms with Gasteiger partial charge in [-0.2, -0.15) is 0 Å². The predicted molar refractivity (Wildman–Crippen MR) is 86.3 cm³/mol. The van der Waals surface area contributed by atoms with Crippen molar-refractivity contribution < 1.29 is 14.6 Å². The molecule has 0 saturated carbocycles. The summed E-state index contributed by atoms with van der Waals surface area (Å²) in [6, 6.07) is 7.05. The Labute approximate surface area is 136 Å². The fourth-order valence-corrected chi connectivity index (χ4v) is 2.65. The van der Waals surface area contributed by atoms with Crippen molar-refractivity contribution in [3.05, 3.63) is 29.3 Å². The van der Waals surface area contributed by atoms with E-state index in [-0.39, 0.29) is 24.7 Å². The van der Waals surface area contributed by atoms with Crippen LogP contribution in [0.2, 0.25) is 5.02 Å². The van der Waals surface area contributed by atoms with Crippen LogP contribution >= 0.6 is 11.6 Å².